The van der Waals surface area contributed by atoms with Crippen LogP contribution in [-0.4, -0.2) is 26.2 Å². The topological polar surface area (TPSA) is 76.4 Å². The zero-order valence-corrected chi connectivity index (χ0v) is 12.6. The summed E-state index contributed by atoms with van der Waals surface area (Å²) in [6.45, 7) is 1.64. The summed E-state index contributed by atoms with van der Waals surface area (Å²) in [7, 11) is 1.59. The molecule has 5 nitrogen and oxygen atoms in total. The zero-order valence-electron chi connectivity index (χ0n) is 12.6. The van der Waals surface area contributed by atoms with Crippen molar-refractivity contribution in [3.63, 3.8) is 0 Å². The largest absolute Gasteiger partial charge is 0.397 e. The lowest BCUT2D eigenvalue weighted by molar-refractivity contribution is 0.0937. The minimum absolute atomic E-state index is 0.154. The number of nitrogens with two attached hydrogens (primary N) is 1. The molecule has 0 unspecified atom stereocenters. The van der Waals surface area contributed by atoms with Gasteiger partial charge in [0, 0.05) is 25.8 Å². The van der Waals surface area contributed by atoms with Crippen LogP contribution in [0.2, 0.25) is 0 Å². The van der Waals surface area contributed by atoms with E-state index in [0.717, 1.165) is 5.69 Å². The molecule has 0 bridgehead atoms. The van der Waals surface area contributed by atoms with Gasteiger partial charge in [-0.25, -0.2) is 0 Å². The Morgan fingerprint density at radius 3 is 2.64 bits per heavy atom. The fourth-order valence-electron chi connectivity index (χ4n) is 2.03. The summed E-state index contributed by atoms with van der Waals surface area (Å²) in [6, 6.07) is 15.3. The first kappa shape index (κ1) is 15.9. The SMILES string of the molecule is COCCNC(=O)c1ccc(NCc2ccccc2)c(N)c1. The number of rotatable bonds is 7. The van der Waals surface area contributed by atoms with Crippen LogP contribution >= 0.6 is 0 Å². The summed E-state index contributed by atoms with van der Waals surface area (Å²) >= 11 is 0. The molecule has 0 aliphatic carbocycles. The smallest absolute Gasteiger partial charge is 0.251 e. The standard InChI is InChI=1S/C17H21N3O2/c1-22-10-9-19-17(21)14-7-8-16(15(18)11-14)20-12-13-5-3-2-4-6-13/h2-8,11,20H,9-10,12,18H2,1H3,(H,19,21). The van der Waals surface area contributed by atoms with Crippen LogP contribution in [-0.2, 0) is 11.3 Å². The van der Waals surface area contributed by atoms with Crippen molar-refractivity contribution in [3.05, 3.63) is 59.7 Å². The molecule has 22 heavy (non-hydrogen) atoms. The highest BCUT2D eigenvalue weighted by molar-refractivity contribution is 5.96. The van der Waals surface area contributed by atoms with Gasteiger partial charge in [-0.05, 0) is 23.8 Å². The molecule has 0 spiro atoms. The van der Waals surface area contributed by atoms with Gasteiger partial charge in [0.15, 0.2) is 0 Å². The van der Waals surface area contributed by atoms with Gasteiger partial charge in [0.05, 0.1) is 18.0 Å². The Labute approximate surface area is 130 Å². The van der Waals surface area contributed by atoms with E-state index in [9.17, 15) is 4.79 Å². The normalized spacial score (nSPS) is 10.2. The summed E-state index contributed by atoms with van der Waals surface area (Å²) in [4.78, 5) is 11.9. The van der Waals surface area contributed by atoms with Gasteiger partial charge in [0.25, 0.3) is 5.91 Å². The van der Waals surface area contributed by atoms with Crippen LogP contribution in [0, 0.1) is 0 Å². The van der Waals surface area contributed by atoms with Crippen molar-refractivity contribution >= 4 is 17.3 Å². The number of hydrogen-bond donors (Lipinski definition) is 3. The van der Waals surface area contributed by atoms with E-state index in [2.05, 4.69) is 10.6 Å². The Hall–Kier alpha value is -2.53. The summed E-state index contributed by atoms with van der Waals surface area (Å²) in [5.74, 6) is -0.154. The number of benzene rings is 2. The molecular weight excluding hydrogens is 278 g/mol. The fourth-order valence-corrected chi connectivity index (χ4v) is 2.03. The molecule has 2 aromatic rings. The Morgan fingerprint density at radius 2 is 1.95 bits per heavy atom. The van der Waals surface area contributed by atoms with Gasteiger partial charge in [0.1, 0.15) is 0 Å². The van der Waals surface area contributed by atoms with Crippen molar-refractivity contribution in [2.45, 2.75) is 6.54 Å². The van der Waals surface area contributed by atoms with E-state index < -0.39 is 0 Å². The van der Waals surface area contributed by atoms with Crippen molar-refractivity contribution in [1.82, 2.24) is 5.32 Å². The van der Waals surface area contributed by atoms with E-state index >= 15 is 0 Å². The molecule has 2 aromatic carbocycles. The maximum atomic E-state index is 11.9. The van der Waals surface area contributed by atoms with E-state index in [1.165, 1.54) is 5.56 Å². The fraction of sp³-hybridized carbons (Fsp3) is 0.235. The summed E-state index contributed by atoms with van der Waals surface area (Å²) in [5, 5.41) is 6.04. The van der Waals surface area contributed by atoms with Crippen molar-refractivity contribution in [3.8, 4) is 0 Å². The van der Waals surface area contributed by atoms with Crippen LogP contribution in [0.1, 0.15) is 15.9 Å². The van der Waals surface area contributed by atoms with Gasteiger partial charge in [0.2, 0.25) is 0 Å². The Bertz CT molecular complexity index is 615. The maximum absolute atomic E-state index is 11.9. The number of amides is 1. The van der Waals surface area contributed by atoms with Crippen LogP contribution in [0.5, 0.6) is 0 Å². The predicted octanol–water partition coefficient (Wildman–Crippen LogP) is 2.26. The van der Waals surface area contributed by atoms with Gasteiger partial charge < -0.3 is 21.1 Å². The number of nitrogen functional groups attached to an aromatic ring is 1. The number of ether oxygens (including phenoxy) is 1. The molecule has 0 saturated carbocycles. The maximum Gasteiger partial charge on any atom is 0.251 e. The van der Waals surface area contributed by atoms with Crippen LogP contribution in [0.3, 0.4) is 0 Å². The summed E-state index contributed by atoms with van der Waals surface area (Å²) in [6.07, 6.45) is 0. The highest BCUT2D eigenvalue weighted by Gasteiger charge is 2.07. The van der Waals surface area contributed by atoms with Crippen molar-refractivity contribution in [1.29, 1.82) is 0 Å². The van der Waals surface area contributed by atoms with Gasteiger partial charge in [-0.2, -0.15) is 0 Å². The molecule has 0 fully saturated rings. The Morgan fingerprint density at radius 1 is 1.18 bits per heavy atom. The third kappa shape index (κ3) is 4.49. The lowest BCUT2D eigenvalue weighted by Crippen LogP contribution is -2.27. The summed E-state index contributed by atoms with van der Waals surface area (Å²) < 4.78 is 4.90. The molecule has 0 aromatic heterocycles. The third-order valence-corrected chi connectivity index (χ3v) is 3.23. The average molecular weight is 299 g/mol. The second-order valence-corrected chi connectivity index (χ2v) is 4.89. The minimum atomic E-state index is -0.154. The molecule has 0 atom stereocenters. The molecule has 4 N–H and O–H groups in total. The van der Waals surface area contributed by atoms with Gasteiger partial charge in [-0.15, -0.1) is 0 Å². The first-order valence-electron chi connectivity index (χ1n) is 7.15. The van der Waals surface area contributed by atoms with Crippen LogP contribution in [0.4, 0.5) is 11.4 Å². The predicted molar refractivity (Wildman–Crippen MR) is 88.8 cm³/mol. The number of anilines is 2. The molecule has 116 valence electrons. The molecule has 0 radical (unpaired) electrons. The van der Waals surface area contributed by atoms with Crippen LogP contribution in [0.25, 0.3) is 0 Å². The van der Waals surface area contributed by atoms with E-state index in [0.29, 0.717) is 30.9 Å². The first-order chi connectivity index (χ1) is 10.7. The molecule has 2 rings (SSSR count). The lowest BCUT2D eigenvalue weighted by atomic mass is 10.1. The number of nitrogens with one attached hydrogen (secondary N) is 2. The van der Waals surface area contributed by atoms with Crippen molar-refractivity contribution < 1.29 is 9.53 Å². The third-order valence-electron chi connectivity index (χ3n) is 3.23. The Kier molecular flexibility index (Phi) is 5.80. The van der Waals surface area contributed by atoms with E-state index in [-0.39, 0.29) is 5.91 Å². The zero-order chi connectivity index (χ0) is 15.8. The highest BCUT2D eigenvalue weighted by atomic mass is 16.5. The molecule has 0 heterocycles. The van der Waals surface area contributed by atoms with Crippen LogP contribution < -0.4 is 16.4 Å². The van der Waals surface area contributed by atoms with Gasteiger partial charge >= 0.3 is 0 Å². The number of hydrogen-bond acceptors (Lipinski definition) is 4. The molecular formula is C17H21N3O2. The molecule has 0 saturated heterocycles. The summed E-state index contributed by atoms with van der Waals surface area (Å²) in [5.41, 5.74) is 9.09. The van der Waals surface area contributed by atoms with Crippen molar-refractivity contribution in [2.24, 2.45) is 0 Å². The molecule has 0 aliphatic heterocycles. The van der Waals surface area contributed by atoms with Gasteiger partial charge in [-0.3, -0.25) is 4.79 Å². The number of methoxy groups -OCH3 is 1. The lowest BCUT2D eigenvalue weighted by Gasteiger charge is -2.11. The highest BCUT2D eigenvalue weighted by Crippen LogP contribution is 2.20. The van der Waals surface area contributed by atoms with E-state index in [1.807, 2.05) is 36.4 Å². The first-order valence-corrected chi connectivity index (χ1v) is 7.15. The molecule has 0 aliphatic rings. The van der Waals surface area contributed by atoms with Crippen molar-refractivity contribution in [2.75, 3.05) is 31.3 Å². The quantitative estimate of drug-likeness (QED) is 0.541. The number of carbonyl (C=O) groups excluding carboxylic acids is 1. The molecule has 5 heteroatoms. The van der Waals surface area contributed by atoms with E-state index in [1.54, 1.807) is 19.2 Å². The van der Waals surface area contributed by atoms with E-state index in [4.69, 9.17) is 10.5 Å². The second-order valence-electron chi connectivity index (χ2n) is 4.89. The minimum Gasteiger partial charge on any atom is -0.397 e. The molecule has 1 amide bonds. The van der Waals surface area contributed by atoms with Crippen LogP contribution in [0.15, 0.2) is 48.5 Å². The average Bonchev–Trinajstić information content (AvgIpc) is 2.54. The van der Waals surface area contributed by atoms with Gasteiger partial charge in [-0.1, -0.05) is 30.3 Å². The Balaban J connectivity index is 1.96. The second kappa shape index (κ2) is 8.05. The number of carbonyl (C=O) groups is 1. The monoisotopic (exact) mass is 299 g/mol.